The van der Waals surface area contributed by atoms with Crippen LogP contribution >= 0.6 is 15.9 Å². The summed E-state index contributed by atoms with van der Waals surface area (Å²) in [5.41, 5.74) is 7.90. The van der Waals surface area contributed by atoms with Crippen LogP contribution in [0.1, 0.15) is 24.5 Å². The molecule has 112 valence electrons. The predicted molar refractivity (Wildman–Crippen MR) is 86.8 cm³/mol. The molecule has 0 aliphatic carbocycles. The zero-order chi connectivity index (χ0) is 15.2. The van der Waals surface area contributed by atoms with Crippen molar-refractivity contribution in [1.82, 2.24) is 0 Å². The SMILES string of the molecule is CCC(N)Cc1cc(Br)ccc1OCc1cccc(F)c1. The Kier molecular flexibility index (Phi) is 5.76. The summed E-state index contributed by atoms with van der Waals surface area (Å²) < 4.78 is 20.0. The van der Waals surface area contributed by atoms with Gasteiger partial charge in [-0.25, -0.2) is 4.39 Å². The molecule has 1 unspecified atom stereocenters. The van der Waals surface area contributed by atoms with E-state index in [0.717, 1.165) is 34.2 Å². The highest BCUT2D eigenvalue weighted by molar-refractivity contribution is 9.10. The van der Waals surface area contributed by atoms with Crippen LogP contribution in [0.4, 0.5) is 4.39 Å². The van der Waals surface area contributed by atoms with Crippen molar-refractivity contribution in [2.45, 2.75) is 32.4 Å². The van der Waals surface area contributed by atoms with E-state index in [1.807, 2.05) is 24.3 Å². The topological polar surface area (TPSA) is 35.2 Å². The van der Waals surface area contributed by atoms with Crippen molar-refractivity contribution in [3.05, 3.63) is 63.9 Å². The first-order valence-corrected chi connectivity index (χ1v) is 7.79. The minimum absolute atomic E-state index is 0.107. The van der Waals surface area contributed by atoms with Crippen LogP contribution in [0.3, 0.4) is 0 Å². The van der Waals surface area contributed by atoms with Gasteiger partial charge < -0.3 is 10.5 Å². The zero-order valence-electron chi connectivity index (χ0n) is 12.0. The third-order valence-corrected chi connectivity index (χ3v) is 3.81. The maximum atomic E-state index is 13.2. The van der Waals surface area contributed by atoms with Crippen LogP contribution in [0.15, 0.2) is 46.9 Å². The van der Waals surface area contributed by atoms with E-state index in [4.69, 9.17) is 10.5 Å². The minimum atomic E-state index is -0.250. The average molecular weight is 352 g/mol. The smallest absolute Gasteiger partial charge is 0.123 e. The summed E-state index contributed by atoms with van der Waals surface area (Å²) in [7, 11) is 0. The van der Waals surface area contributed by atoms with Crippen molar-refractivity contribution in [3.8, 4) is 5.75 Å². The molecule has 0 heterocycles. The van der Waals surface area contributed by atoms with E-state index in [1.54, 1.807) is 6.07 Å². The Bertz CT molecular complexity index is 603. The lowest BCUT2D eigenvalue weighted by Gasteiger charge is -2.15. The van der Waals surface area contributed by atoms with Gasteiger partial charge in [-0.2, -0.15) is 0 Å². The van der Waals surface area contributed by atoms with E-state index < -0.39 is 0 Å². The van der Waals surface area contributed by atoms with E-state index >= 15 is 0 Å². The number of benzene rings is 2. The first kappa shape index (κ1) is 16.0. The van der Waals surface area contributed by atoms with Crippen LogP contribution < -0.4 is 10.5 Å². The Morgan fingerprint density at radius 2 is 2.05 bits per heavy atom. The number of hydrogen-bond donors (Lipinski definition) is 1. The van der Waals surface area contributed by atoms with Crippen LogP contribution in [0.25, 0.3) is 0 Å². The van der Waals surface area contributed by atoms with Gasteiger partial charge in [-0.1, -0.05) is 35.0 Å². The zero-order valence-corrected chi connectivity index (χ0v) is 13.6. The molecule has 4 heteroatoms. The van der Waals surface area contributed by atoms with Crippen LogP contribution in [-0.4, -0.2) is 6.04 Å². The molecule has 2 nitrogen and oxygen atoms in total. The second-order valence-electron chi connectivity index (χ2n) is 5.04. The van der Waals surface area contributed by atoms with Crippen molar-refractivity contribution >= 4 is 15.9 Å². The first-order valence-electron chi connectivity index (χ1n) is 6.99. The summed E-state index contributed by atoms with van der Waals surface area (Å²) in [5, 5.41) is 0. The Balaban J connectivity index is 2.11. The molecule has 0 spiro atoms. The van der Waals surface area contributed by atoms with Gasteiger partial charge in [0.1, 0.15) is 18.2 Å². The minimum Gasteiger partial charge on any atom is -0.489 e. The summed E-state index contributed by atoms with van der Waals surface area (Å²) in [6.45, 7) is 2.41. The van der Waals surface area contributed by atoms with Gasteiger partial charge in [-0.3, -0.25) is 0 Å². The van der Waals surface area contributed by atoms with Gasteiger partial charge in [-0.05, 0) is 54.3 Å². The highest BCUT2D eigenvalue weighted by Gasteiger charge is 2.09. The highest BCUT2D eigenvalue weighted by Crippen LogP contribution is 2.25. The summed E-state index contributed by atoms with van der Waals surface area (Å²) in [6.07, 6.45) is 1.67. The Morgan fingerprint density at radius 1 is 1.24 bits per heavy atom. The standard InChI is InChI=1S/C17H19BrFNO/c1-2-16(20)10-13-9-14(18)6-7-17(13)21-11-12-4-3-5-15(19)8-12/h3-9,16H,2,10-11,20H2,1H3. The van der Waals surface area contributed by atoms with Gasteiger partial charge in [0.25, 0.3) is 0 Å². The fourth-order valence-corrected chi connectivity index (χ4v) is 2.47. The molecule has 2 rings (SSSR count). The number of ether oxygens (including phenoxy) is 1. The molecule has 2 N–H and O–H groups in total. The largest absolute Gasteiger partial charge is 0.489 e. The van der Waals surface area contributed by atoms with Crippen LogP contribution in [0, 0.1) is 5.82 Å². The van der Waals surface area contributed by atoms with Gasteiger partial charge in [0.2, 0.25) is 0 Å². The van der Waals surface area contributed by atoms with Gasteiger partial charge >= 0.3 is 0 Å². The Hall–Kier alpha value is -1.39. The molecule has 2 aromatic carbocycles. The molecule has 2 aromatic rings. The van der Waals surface area contributed by atoms with Crippen molar-refractivity contribution in [3.63, 3.8) is 0 Å². The normalized spacial score (nSPS) is 12.2. The van der Waals surface area contributed by atoms with E-state index in [1.165, 1.54) is 12.1 Å². The summed E-state index contributed by atoms with van der Waals surface area (Å²) in [6, 6.07) is 12.4. The molecule has 0 radical (unpaired) electrons. The maximum Gasteiger partial charge on any atom is 0.123 e. The summed E-state index contributed by atoms with van der Waals surface area (Å²) >= 11 is 3.47. The van der Waals surface area contributed by atoms with E-state index in [0.29, 0.717) is 6.61 Å². The van der Waals surface area contributed by atoms with E-state index in [-0.39, 0.29) is 11.9 Å². The summed E-state index contributed by atoms with van der Waals surface area (Å²) in [4.78, 5) is 0. The molecule has 0 amide bonds. The van der Waals surface area contributed by atoms with Crippen molar-refractivity contribution in [2.24, 2.45) is 5.73 Å². The summed E-state index contributed by atoms with van der Waals surface area (Å²) in [5.74, 6) is 0.548. The lowest BCUT2D eigenvalue weighted by Crippen LogP contribution is -2.21. The Labute approximate surface area is 133 Å². The van der Waals surface area contributed by atoms with Crippen LogP contribution in [-0.2, 0) is 13.0 Å². The van der Waals surface area contributed by atoms with Crippen LogP contribution in [0.5, 0.6) is 5.75 Å². The van der Waals surface area contributed by atoms with E-state index in [9.17, 15) is 4.39 Å². The van der Waals surface area contributed by atoms with Crippen LogP contribution in [0.2, 0.25) is 0 Å². The fourth-order valence-electron chi connectivity index (χ4n) is 2.06. The lowest BCUT2D eigenvalue weighted by atomic mass is 10.0. The molecule has 21 heavy (non-hydrogen) atoms. The van der Waals surface area contributed by atoms with E-state index in [2.05, 4.69) is 22.9 Å². The third-order valence-electron chi connectivity index (χ3n) is 3.31. The molecule has 0 aliphatic rings. The average Bonchev–Trinajstić information content (AvgIpc) is 2.46. The molecule has 0 fully saturated rings. The molecular formula is C17H19BrFNO. The highest BCUT2D eigenvalue weighted by atomic mass is 79.9. The Morgan fingerprint density at radius 3 is 2.76 bits per heavy atom. The lowest BCUT2D eigenvalue weighted by molar-refractivity contribution is 0.301. The molecular weight excluding hydrogens is 333 g/mol. The van der Waals surface area contributed by atoms with Gasteiger partial charge in [-0.15, -0.1) is 0 Å². The molecule has 1 atom stereocenters. The quantitative estimate of drug-likeness (QED) is 0.834. The third kappa shape index (κ3) is 4.83. The fraction of sp³-hybridized carbons (Fsp3) is 0.294. The number of hydrogen-bond acceptors (Lipinski definition) is 2. The molecule has 0 saturated heterocycles. The van der Waals surface area contributed by atoms with Gasteiger partial charge in [0.15, 0.2) is 0 Å². The monoisotopic (exact) mass is 351 g/mol. The number of rotatable bonds is 6. The molecule has 0 aliphatic heterocycles. The van der Waals surface area contributed by atoms with Crippen molar-refractivity contribution in [1.29, 1.82) is 0 Å². The van der Waals surface area contributed by atoms with Crippen molar-refractivity contribution in [2.75, 3.05) is 0 Å². The van der Waals surface area contributed by atoms with Crippen molar-refractivity contribution < 1.29 is 9.13 Å². The second-order valence-corrected chi connectivity index (χ2v) is 5.96. The number of halogens is 2. The maximum absolute atomic E-state index is 13.2. The molecule has 0 bridgehead atoms. The predicted octanol–water partition coefficient (Wildman–Crippen LogP) is 4.45. The molecule has 0 saturated carbocycles. The number of nitrogens with two attached hydrogens (primary N) is 1. The van der Waals surface area contributed by atoms with Gasteiger partial charge in [0, 0.05) is 10.5 Å². The first-order chi connectivity index (χ1) is 10.1. The van der Waals surface area contributed by atoms with Gasteiger partial charge in [0.05, 0.1) is 0 Å². The second kappa shape index (κ2) is 7.57. The molecule has 0 aromatic heterocycles.